The van der Waals surface area contributed by atoms with Crippen molar-refractivity contribution in [1.82, 2.24) is 4.90 Å². The maximum absolute atomic E-state index is 5.87. The normalized spacial score (nSPS) is 30.6. The second-order valence-corrected chi connectivity index (χ2v) is 5.27. The highest BCUT2D eigenvalue weighted by molar-refractivity contribution is 4.77. The van der Waals surface area contributed by atoms with Gasteiger partial charge in [-0.05, 0) is 63.7 Å². The highest BCUT2D eigenvalue weighted by atomic mass is 15.1. The zero-order chi connectivity index (χ0) is 10.6. The lowest BCUT2D eigenvalue weighted by Gasteiger charge is -2.24. The summed E-state index contributed by atoms with van der Waals surface area (Å²) in [7, 11) is 2.23. The third kappa shape index (κ3) is 3.58. The van der Waals surface area contributed by atoms with Crippen molar-refractivity contribution in [2.75, 3.05) is 26.7 Å². The van der Waals surface area contributed by atoms with E-state index < -0.39 is 0 Å². The van der Waals surface area contributed by atoms with Crippen LogP contribution < -0.4 is 5.73 Å². The summed E-state index contributed by atoms with van der Waals surface area (Å²) < 4.78 is 0. The molecule has 0 aromatic rings. The molecule has 0 aromatic heterocycles. The Morgan fingerprint density at radius 1 is 1.21 bits per heavy atom. The maximum atomic E-state index is 5.87. The molecule has 0 aromatic carbocycles. The molecule has 0 saturated carbocycles. The molecule has 0 spiro atoms. The monoisotopic (exact) mass is 198 g/mol. The molecule has 1 heterocycles. The highest BCUT2D eigenvalue weighted by Gasteiger charge is 2.24. The van der Waals surface area contributed by atoms with E-state index >= 15 is 0 Å². The van der Waals surface area contributed by atoms with Crippen LogP contribution in [0.2, 0.25) is 0 Å². The molecule has 84 valence electrons. The molecule has 0 amide bonds. The zero-order valence-corrected chi connectivity index (χ0v) is 10.00. The third-order valence-electron chi connectivity index (χ3n) is 3.51. The van der Waals surface area contributed by atoms with Crippen molar-refractivity contribution in [3.05, 3.63) is 0 Å². The number of hydrogen-bond donors (Lipinski definition) is 1. The quantitative estimate of drug-likeness (QED) is 0.751. The van der Waals surface area contributed by atoms with Gasteiger partial charge < -0.3 is 10.6 Å². The van der Waals surface area contributed by atoms with E-state index in [1.165, 1.54) is 32.4 Å². The van der Waals surface area contributed by atoms with Crippen molar-refractivity contribution in [2.45, 2.75) is 33.1 Å². The Hall–Kier alpha value is -0.0800. The minimum atomic E-state index is 0.766. The van der Waals surface area contributed by atoms with Gasteiger partial charge in [-0.25, -0.2) is 0 Å². The van der Waals surface area contributed by atoms with Crippen molar-refractivity contribution in [2.24, 2.45) is 23.5 Å². The van der Waals surface area contributed by atoms with Gasteiger partial charge in [0.2, 0.25) is 0 Å². The lowest BCUT2D eigenvalue weighted by molar-refractivity contribution is 0.277. The number of likely N-dealkylation sites (tertiary alicyclic amines) is 1. The smallest absolute Gasteiger partial charge is 0.00186 e. The molecule has 1 saturated heterocycles. The first-order valence-corrected chi connectivity index (χ1v) is 6.02. The standard InChI is InChI=1S/C12H26N2/c1-10(2)8-11-4-6-14(3)7-5-12(11)9-13/h10-12H,4-9,13H2,1-3H3. The predicted molar refractivity (Wildman–Crippen MR) is 62.2 cm³/mol. The summed E-state index contributed by atoms with van der Waals surface area (Å²) in [6, 6.07) is 0. The second-order valence-electron chi connectivity index (χ2n) is 5.27. The first kappa shape index (κ1) is 12.0. The number of nitrogens with zero attached hydrogens (tertiary/aromatic N) is 1. The van der Waals surface area contributed by atoms with Gasteiger partial charge in [0, 0.05) is 0 Å². The summed E-state index contributed by atoms with van der Waals surface area (Å²) in [5.41, 5.74) is 5.87. The Labute approximate surface area is 88.8 Å². The van der Waals surface area contributed by atoms with Crippen LogP contribution >= 0.6 is 0 Å². The average molecular weight is 198 g/mol. The lowest BCUT2D eigenvalue weighted by Crippen LogP contribution is -2.24. The van der Waals surface area contributed by atoms with Gasteiger partial charge >= 0.3 is 0 Å². The summed E-state index contributed by atoms with van der Waals surface area (Å²) >= 11 is 0. The molecule has 0 radical (unpaired) electrons. The Morgan fingerprint density at radius 2 is 1.79 bits per heavy atom. The van der Waals surface area contributed by atoms with E-state index in [1.54, 1.807) is 0 Å². The van der Waals surface area contributed by atoms with Gasteiger partial charge in [0.25, 0.3) is 0 Å². The van der Waals surface area contributed by atoms with Crippen LogP contribution in [0.3, 0.4) is 0 Å². The molecule has 1 aliphatic heterocycles. The van der Waals surface area contributed by atoms with E-state index in [4.69, 9.17) is 5.73 Å². The summed E-state index contributed by atoms with van der Waals surface area (Å²) in [4.78, 5) is 2.45. The highest BCUT2D eigenvalue weighted by Crippen LogP contribution is 2.28. The van der Waals surface area contributed by atoms with Crippen LogP contribution in [-0.4, -0.2) is 31.6 Å². The summed E-state index contributed by atoms with van der Waals surface area (Å²) in [5.74, 6) is 2.45. The summed E-state index contributed by atoms with van der Waals surface area (Å²) in [6.45, 7) is 8.01. The molecule has 1 aliphatic rings. The molecule has 2 nitrogen and oxygen atoms in total. The van der Waals surface area contributed by atoms with Gasteiger partial charge in [-0.15, -0.1) is 0 Å². The van der Waals surface area contributed by atoms with Gasteiger partial charge in [0.1, 0.15) is 0 Å². The third-order valence-corrected chi connectivity index (χ3v) is 3.51. The number of hydrogen-bond acceptors (Lipinski definition) is 2. The lowest BCUT2D eigenvalue weighted by atomic mass is 9.82. The van der Waals surface area contributed by atoms with Crippen molar-refractivity contribution < 1.29 is 0 Å². The molecule has 0 bridgehead atoms. The van der Waals surface area contributed by atoms with Crippen molar-refractivity contribution >= 4 is 0 Å². The van der Waals surface area contributed by atoms with Crippen molar-refractivity contribution in [3.63, 3.8) is 0 Å². The van der Waals surface area contributed by atoms with Crippen LogP contribution in [0.1, 0.15) is 33.1 Å². The van der Waals surface area contributed by atoms with Crippen LogP contribution in [0.4, 0.5) is 0 Å². The van der Waals surface area contributed by atoms with Crippen LogP contribution in [0, 0.1) is 17.8 Å². The number of rotatable bonds is 3. The summed E-state index contributed by atoms with van der Waals surface area (Å²) in [5, 5.41) is 0. The van der Waals surface area contributed by atoms with Crippen LogP contribution in [0.25, 0.3) is 0 Å². The van der Waals surface area contributed by atoms with E-state index in [0.717, 1.165) is 24.3 Å². The minimum absolute atomic E-state index is 0.766. The fraction of sp³-hybridized carbons (Fsp3) is 1.00. The summed E-state index contributed by atoms with van der Waals surface area (Å²) in [6.07, 6.45) is 4.00. The molecule has 2 atom stereocenters. The van der Waals surface area contributed by atoms with E-state index in [-0.39, 0.29) is 0 Å². The van der Waals surface area contributed by atoms with E-state index in [0.29, 0.717) is 0 Å². The Bertz CT molecular complexity index is 156. The van der Waals surface area contributed by atoms with Gasteiger partial charge in [-0.1, -0.05) is 13.8 Å². The fourth-order valence-corrected chi connectivity index (χ4v) is 2.58. The molecular formula is C12H26N2. The molecule has 14 heavy (non-hydrogen) atoms. The maximum Gasteiger partial charge on any atom is -0.00186 e. The SMILES string of the molecule is CC(C)CC1CCN(C)CCC1CN. The van der Waals surface area contributed by atoms with Crippen molar-refractivity contribution in [3.8, 4) is 0 Å². The first-order valence-electron chi connectivity index (χ1n) is 6.02. The Morgan fingerprint density at radius 3 is 2.29 bits per heavy atom. The molecule has 2 unspecified atom stereocenters. The predicted octanol–water partition coefficient (Wildman–Crippen LogP) is 1.95. The molecule has 0 aliphatic carbocycles. The first-order chi connectivity index (χ1) is 6.63. The molecule has 2 N–H and O–H groups in total. The van der Waals surface area contributed by atoms with Crippen LogP contribution in [0.15, 0.2) is 0 Å². The Kier molecular flexibility index (Phi) is 4.90. The van der Waals surface area contributed by atoms with Gasteiger partial charge in [-0.3, -0.25) is 0 Å². The van der Waals surface area contributed by atoms with E-state index in [9.17, 15) is 0 Å². The van der Waals surface area contributed by atoms with E-state index in [2.05, 4.69) is 25.8 Å². The molecule has 1 fully saturated rings. The minimum Gasteiger partial charge on any atom is -0.330 e. The van der Waals surface area contributed by atoms with Crippen LogP contribution in [0.5, 0.6) is 0 Å². The average Bonchev–Trinajstić information content (AvgIpc) is 2.28. The number of nitrogens with two attached hydrogens (primary N) is 1. The molecular weight excluding hydrogens is 172 g/mol. The topological polar surface area (TPSA) is 29.3 Å². The Balaban J connectivity index is 2.50. The van der Waals surface area contributed by atoms with Gasteiger partial charge in [-0.2, -0.15) is 0 Å². The van der Waals surface area contributed by atoms with Crippen molar-refractivity contribution in [1.29, 1.82) is 0 Å². The fourth-order valence-electron chi connectivity index (χ4n) is 2.58. The molecule has 2 heteroatoms. The largest absolute Gasteiger partial charge is 0.330 e. The van der Waals surface area contributed by atoms with Crippen LogP contribution in [-0.2, 0) is 0 Å². The molecule has 1 rings (SSSR count). The zero-order valence-electron chi connectivity index (χ0n) is 10.00. The van der Waals surface area contributed by atoms with E-state index in [1.807, 2.05) is 0 Å². The van der Waals surface area contributed by atoms with Gasteiger partial charge in [0.05, 0.1) is 0 Å². The van der Waals surface area contributed by atoms with Gasteiger partial charge in [0.15, 0.2) is 0 Å². The second kappa shape index (κ2) is 5.72.